The minimum Gasteiger partial charge on any atom is -0.463 e. The van der Waals surface area contributed by atoms with Crippen molar-refractivity contribution >= 4 is 34.3 Å². The summed E-state index contributed by atoms with van der Waals surface area (Å²) < 4.78 is 83.2. The quantitative estimate of drug-likeness (QED) is 0.0191. The number of aliphatic hydroxyl groups is 3. The molecule has 110 heavy (non-hydrogen) atoms. The second-order valence-electron chi connectivity index (χ2n) is 33.8. The highest BCUT2D eigenvalue weighted by Crippen LogP contribution is 2.35. The Morgan fingerprint density at radius 1 is 0.309 bits per heavy atom. The topological polar surface area (TPSA) is 257 Å². The Labute approximate surface area is 673 Å². The number of carbonyl (C=O) groups is 4. The van der Waals surface area contributed by atoms with Crippen LogP contribution in [0.5, 0.6) is 0 Å². The standard InChI is InChI=1S/C91H172O18S/c1-8-12-16-20-24-28-32-36-39-42-46-49-53-57-61-65-69-75(5)87(96)102-73-78-81(93)83(95)85(109-110(99,100)101)90(104-78)108-91-86(106-80(92)72-68-64-60-56-52-45-35-31-27-23-19-15-11-4)84(107-89(98)77(7)71-67-63-59-55-51-48-44-41-38-34-30-26-22-18-14-10-3)82(94)79(105-91)74-103-88(97)76(6)70-66-62-58-54-50-47-43-40-37-33-29-25-21-17-13-9-2/h75-79,81-86,90-91,93-95H,8-74H2,1-7H3,(H,99,100,101)/t75-,76-,77-,78+,79+,81+,82+,83-,84-,85+,86+,90+,91+/m0/s1. The number of hydrogen-bond acceptors (Lipinski definition) is 17. The second kappa shape index (κ2) is 70.7. The van der Waals surface area contributed by atoms with Crippen LogP contribution in [0.4, 0.5) is 0 Å². The predicted molar refractivity (Wildman–Crippen MR) is 445 cm³/mol. The van der Waals surface area contributed by atoms with Crippen LogP contribution in [0, 0.1) is 17.8 Å². The number of ether oxygens (including phenoxy) is 7. The van der Waals surface area contributed by atoms with Crippen LogP contribution < -0.4 is 0 Å². The monoisotopic (exact) mass is 1590 g/mol. The lowest BCUT2D eigenvalue weighted by molar-refractivity contribution is -0.374. The van der Waals surface area contributed by atoms with Gasteiger partial charge in [0.05, 0.1) is 17.8 Å². The largest absolute Gasteiger partial charge is 0.463 e. The van der Waals surface area contributed by atoms with Crippen LogP contribution in [0.1, 0.15) is 466 Å². The van der Waals surface area contributed by atoms with Gasteiger partial charge in [-0.3, -0.25) is 23.7 Å². The van der Waals surface area contributed by atoms with Crippen molar-refractivity contribution in [3.8, 4) is 0 Å². The molecule has 18 nitrogen and oxygen atoms in total. The maximum absolute atomic E-state index is 14.4. The van der Waals surface area contributed by atoms with Crippen molar-refractivity contribution < 1.29 is 84.8 Å². The van der Waals surface area contributed by atoms with Crippen molar-refractivity contribution in [3.63, 3.8) is 0 Å². The van der Waals surface area contributed by atoms with E-state index in [-0.39, 0.29) is 6.42 Å². The smallest absolute Gasteiger partial charge is 0.397 e. The molecule has 2 fully saturated rings. The average Bonchev–Trinajstić information content (AvgIpc) is 0.775. The Morgan fingerprint density at radius 2 is 0.555 bits per heavy atom. The first-order chi connectivity index (χ1) is 53.4. The summed E-state index contributed by atoms with van der Waals surface area (Å²) in [6.45, 7) is 13.0. The van der Waals surface area contributed by atoms with E-state index >= 15 is 0 Å². The fraction of sp³-hybridized carbons (Fsp3) is 0.956. The molecule has 0 saturated carbocycles. The number of hydrogen-bond donors (Lipinski definition) is 4. The van der Waals surface area contributed by atoms with E-state index in [2.05, 4.69) is 27.7 Å². The first-order valence-corrected chi connectivity index (χ1v) is 48.1. The molecule has 13 atom stereocenters. The predicted octanol–water partition coefficient (Wildman–Crippen LogP) is 24.0. The van der Waals surface area contributed by atoms with Crippen LogP contribution in [0.25, 0.3) is 0 Å². The van der Waals surface area contributed by atoms with Gasteiger partial charge in [-0.25, -0.2) is 4.18 Å². The van der Waals surface area contributed by atoms with Crippen LogP contribution in [0.2, 0.25) is 0 Å². The third-order valence-corrected chi connectivity index (χ3v) is 23.7. The number of unbranched alkanes of at least 4 members (excludes halogenated alkanes) is 57. The van der Waals surface area contributed by atoms with Crippen LogP contribution in [-0.2, 0) is 66.9 Å². The molecule has 650 valence electrons. The first-order valence-electron chi connectivity index (χ1n) is 46.8. The SMILES string of the molecule is CCCCCCCCCCCCCCCCCC[C@H](C)C(=O)OC[C@H]1O[C@H](O[C@H]2O[C@H](COC(=O)[C@@H](C)CCCCCCCCCCCCCCCCCC)[C@@H](O)[C@H](OC(=O)[C@@H](C)CCCCCCCCCCCCCCCCCC)[C@H]2OC(=O)CCCCCCCCCCCCCCC)[C@H](OS(=O)(=O)O)[C@@H](O)[C@@H]1O. The summed E-state index contributed by atoms with van der Waals surface area (Å²) in [7, 11) is -5.43. The summed E-state index contributed by atoms with van der Waals surface area (Å²) in [5.74, 6) is -4.33. The van der Waals surface area contributed by atoms with Gasteiger partial charge in [-0.05, 0) is 25.7 Å². The van der Waals surface area contributed by atoms with Crippen molar-refractivity contribution in [3.05, 3.63) is 0 Å². The first kappa shape index (κ1) is 104. The van der Waals surface area contributed by atoms with Crippen molar-refractivity contribution in [1.82, 2.24) is 0 Å². The molecule has 0 bridgehead atoms. The van der Waals surface area contributed by atoms with Gasteiger partial charge in [-0.15, -0.1) is 0 Å². The third-order valence-electron chi connectivity index (χ3n) is 23.2. The van der Waals surface area contributed by atoms with Gasteiger partial charge in [0, 0.05) is 6.42 Å². The van der Waals surface area contributed by atoms with E-state index in [1.165, 1.54) is 270 Å². The number of esters is 4. The number of aliphatic hydroxyl groups excluding tert-OH is 3. The molecule has 19 heteroatoms. The van der Waals surface area contributed by atoms with E-state index in [1.807, 2.05) is 0 Å². The van der Waals surface area contributed by atoms with Crippen LogP contribution in [-0.4, -0.2) is 127 Å². The molecule has 0 aromatic heterocycles. The van der Waals surface area contributed by atoms with Crippen molar-refractivity contribution in [2.45, 2.75) is 527 Å². The fourth-order valence-corrected chi connectivity index (χ4v) is 16.1. The Kier molecular flexibility index (Phi) is 66.6. The normalized spacial score (nSPS) is 21.0. The summed E-state index contributed by atoms with van der Waals surface area (Å²) in [5, 5.41) is 35.6. The molecule has 2 heterocycles. The van der Waals surface area contributed by atoms with E-state index in [0.29, 0.717) is 25.7 Å². The molecule has 4 N–H and O–H groups in total. The molecular formula is C91H172O18S. The van der Waals surface area contributed by atoms with E-state index in [1.54, 1.807) is 20.8 Å². The third kappa shape index (κ3) is 54.4. The Morgan fingerprint density at radius 3 is 0.836 bits per heavy atom. The average molecular weight is 1590 g/mol. The van der Waals surface area contributed by atoms with Gasteiger partial charge in [-0.2, -0.15) is 8.42 Å². The van der Waals surface area contributed by atoms with Crippen LogP contribution in [0.3, 0.4) is 0 Å². The van der Waals surface area contributed by atoms with E-state index in [0.717, 1.165) is 116 Å². The van der Waals surface area contributed by atoms with Crippen molar-refractivity contribution in [2.24, 2.45) is 17.8 Å². The molecule has 0 aliphatic carbocycles. The zero-order chi connectivity index (χ0) is 80.3. The summed E-state index contributed by atoms with van der Waals surface area (Å²) >= 11 is 0. The van der Waals surface area contributed by atoms with E-state index in [4.69, 9.17) is 37.3 Å². The van der Waals surface area contributed by atoms with Crippen LogP contribution >= 0.6 is 0 Å². The molecule has 2 saturated heterocycles. The Hall–Kier alpha value is -2.49. The van der Waals surface area contributed by atoms with Gasteiger partial charge in [0.25, 0.3) is 0 Å². The minimum absolute atomic E-state index is 0.0730. The van der Waals surface area contributed by atoms with Crippen molar-refractivity contribution in [1.29, 1.82) is 0 Å². The van der Waals surface area contributed by atoms with Crippen molar-refractivity contribution in [2.75, 3.05) is 13.2 Å². The van der Waals surface area contributed by atoms with Gasteiger partial charge in [-0.1, -0.05) is 434 Å². The maximum Gasteiger partial charge on any atom is 0.397 e. The summed E-state index contributed by atoms with van der Waals surface area (Å²) in [6, 6.07) is 0. The maximum atomic E-state index is 14.4. The highest BCUT2D eigenvalue weighted by atomic mass is 32.3. The molecule has 2 aliphatic heterocycles. The van der Waals surface area contributed by atoms with Crippen LogP contribution in [0.15, 0.2) is 0 Å². The van der Waals surface area contributed by atoms with Gasteiger partial charge >= 0.3 is 34.3 Å². The molecule has 0 aromatic rings. The lowest BCUT2D eigenvalue weighted by atomic mass is 9.96. The number of carbonyl (C=O) groups excluding carboxylic acids is 4. The Balaban J connectivity index is 2.32. The van der Waals surface area contributed by atoms with Gasteiger partial charge in [0.1, 0.15) is 43.7 Å². The van der Waals surface area contributed by atoms with E-state index in [9.17, 15) is 47.5 Å². The van der Waals surface area contributed by atoms with E-state index < -0.39 is 127 Å². The fourth-order valence-electron chi connectivity index (χ4n) is 15.6. The molecule has 0 aromatic carbocycles. The number of rotatable bonds is 78. The van der Waals surface area contributed by atoms with Gasteiger partial charge < -0.3 is 48.5 Å². The Bertz CT molecular complexity index is 2260. The zero-order valence-electron chi connectivity index (χ0n) is 71.8. The summed E-state index contributed by atoms with van der Waals surface area (Å²) in [5.41, 5.74) is 0. The molecule has 0 radical (unpaired) electrons. The lowest BCUT2D eigenvalue weighted by Crippen LogP contribution is -2.65. The van der Waals surface area contributed by atoms with Gasteiger partial charge in [0.2, 0.25) is 6.29 Å². The molecule has 2 aliphatic rings. The minimum atomic E-state index is -5.43. The summed E-state index contributed by atoms with van der Waals surface area (Å²) in [4.78, 5) is 56.1. The molecule has 0 amide bonds. The van der Waals surface area contributed by atoms with Gasteiger partial charge in [0.15, 0.2) is 24.6 Å². The highest BCUT2D eigenvalue weighted by Gasteiger charge is 2.55. The molecular weight excluding hydrogens is 1410 g/mol. The summed E-state index contributed by atoms with van der Waals surface area (Å²) in [6.07, 6.45) is 55.2. The lowest BCUT2D eigenvalue weighted by Gasteiger charge is -2.46. The highest BCUT2D eigenvalue weighted by molar-refractivity contribution is 7.80. The molecule has 0 unspecified atom stereocenters. The molecule has 2 rings (SSSR count). The molecule has 0 spiro atoms. The zero-order valence-corrected chi connectivity index (χ0v) is 72.6. The second-order valence-corrected chi connectivity index (χ2v) is 34.8.